The van der Waals surface area contributed by atoms with Gasteiger partial charge in [-0.05, 0) is 0 Å². The predicted molar refractivity (Wildman–Crippen MR) is 66.2 cm³/mol. The van der Waals surface area contributed by atoms with Crippen molar-refractivity contribution in [2.75, 3.05) is 5.88 Å². The van der Waals surface area contributed by atoms with Gasteiger partial charge in [-0.1, -0.05) is 42.2 Å². The number of rotatable bonds is 2. The van der Waals surface area contributed by atoms with E-state index >= 15 is 0 Å². The average Bonchev–Trinajstić information content (AvgIpc) is 2.79. The third-order valence-corrected chi connectivity index (χ3v) is 2.33. The van der Waals surface area contributed by atoms with Crippen LogP contribution in [0.4, 0.5) is 0 Å². The van der Waals surface area contributed by atoms with E-state index in [9.17, 15) is 0 Å². The molecule has 1 aromatic carbocycles. The van der Waals surface area contributed by atoms with E-state index in [-0.39, 0.29) is 0 Å². The molecule has 1 N–H and O–H groups in total. The van der Waals surface area contributed by atoms with Crippen LogP contribution in [0.15, 0.2) is 36.5 Å². The number of nitrogens with one attached hydrogen (secondary N) is 1. The van der Waals surface area contributed by atoms with Gasteiger partial charge in [0.05, 0.1) is 17.5 Å². The molecule has 0 bridgehead atoms. The van der Waals surface area contributed by atoms with Crippen molar-refractivity contribution in [1.29, 1.82) is 0 Å². The maximum absolute atomic E-state index is 5.57. The lowest BCUT2D eigenvalue weighted by Gasteiger charge is -1.96. The van der Waals surface area contributed by atoms with Crippen LogP contribution in [0.25, 0.3) is 11.3 Å². The molecule has 0 aliphatic heterocycles. The zero-order valence-corrected chi connectivity index (χ0v) is 9.46. The zero-order valence-electron chi connectivity index (χ0n) is 8.70. The van der Waals surface area contributed by atoms with Gasteiger partial charge in [0.1, 0.15) is 0 Å². The fourth-order valence-corrected chi connectivity index (χ4v) is 1.51. The molecule has 1 heterocycles. The Labute approximate surface area is 99.6 Å². The van der Waals surface area contributed by atoms with Crippen molar-refractivity contribution in [2.45, 2.75) is 6.42 Å². The quantitative estimate of drug-likeness (QED) is 0.624. The molecule has 3 heteroatoms. The maximum atomic E-state index is 5.57. The molecule has 0 spiro atoms. The lowest BCUT2D eigenvalue weighted by atomic mass is 10.1. The number of H-pyrrole nitrogens is 1. The van der Waals surface area contributed by atoms with Gasteiger partial charge < -0.3 is 0 Å². The first-order chi connectivity index (χ1) is 7.92. The van der Waals surface area contributed by atoms with Crippen LogP contribution in [0.3, 0.4) is 0 Å². The summed E-state index contributed by atoms with van der Waals surface area (Å²) in [6.45, 7) is 0. The van der Waals surface area contributed by atoms with E-state index in [2.05, 4.69) is 22.0 Å². The van der Waals surface area contributed by atoms with Gasteiger partial charge in [-0.25, -0.2) is 0 Å². The van der Waals surface area contributed by atoms with Crippen LogP contribution >= 0.6 is 11.6 Å². The molecule has 2 rings (SSSR count). The SMILES string of the molecule is ClCCC#Cc1cn[nH]c1-c1ccccc1. The van der Waals surface area contributed by atoms with Crippen LogP contribution in [-0.2, 0) is 0 Å². The Morgan fingerprint density at radius 1 is 1.25 bits per heavy atom. The van der Waals surface area contributed by atoms with Gasteiger partial charge in [0, 0.05) is 17.9 Å². The van der Waals surface area contributed by atoms with E-state index in [1.807, 2.05) is 30.3 Å². The zero-order chi connectivity index (χ0) is 11.2. The van der Waals surface area contributed by atoms with Gasteiger partial charge in [-0.3, -0.25) is 5.10 Å². The highest BCUT2D eigenvalue weighted by Gasteiger charge is 2.03. The van der Waals surface area contributed by atoms with Crippen molar-refractivity contribution < 1.29 is 0 Å². The molecule has 0 amide bonds. The van der Waals surface area contributed by atoms with Gasteiger partial charge in [0.15, 0.2) is 0 Å². The molecule has 0 saturated heterocycles. The van der Waals surface area contributed by atoms with Gasteiger partial charge in [0.2, 0.25) is 0 Å². The number of nitrogens with zero attached hydrogens (tertiary/aromatic N) is 1. The lowest BCUT2D eigenvalue weighted by Crippen LogP contribution is -1.81. The second kappa shape index (κ2) is 5.39. The molecule has 0 atom stereocenters. The number of hydrogen-bond donors (Lipinski definition) is 1. The number of alkyl halides is 1. The molecule has 0 aliphatic carbocycles. The second-order valence-corrected chi connectivity index (χ2v) is 3.64. The Morgan fingerprint density at radius 3 is 2.81 bits per heavy atom. The molecule has 1 aromatic heterocycles. The topological polar surface area (TPSA) is 28.7 Å². The van der Waals surface area contributed by atoms with E-state index in [0.29, 0.717) is 12.3 Å². The molecular weight excluding hydrogens is 220 g/mol. The molecule has 0 radical (unpaired) electrons. The third-order valence-electron chi connectivity index (χ3n) is 2.14. The van der Waals surface area contributed by atoms with E-state index in [0.717, 1.165) is 16.8 Å². The van der Waals surface area contributed by atoms with Crippen LogP contribution in [0.1, 0.15) is 12.0 Å². The summed E-state index contributed by atoms with van der Waals surface area (Å²) in [6, 6.07) is 10.0. The summed E-state index contributed by atoms with van der Waals surface area (Å²) in [5.41, 5.74) is 2.97. The molecule has 0 saturated carbocycles. The van der Waals surface area contributed by atoms with E-state index in [1.54, 1.807) is 6.20 Å². The highest BCUT2D eigenvalue weighted by molar-refractivity contribution is 6.18. The van der Waals surface area contributed by atoms with Crippen LogP contribution in [0, 0.1) is 11.8 Å². The smallest absolute Gasteiger partial charge is 0.0806 e. The minimum atomic E-state index is 0.561. The number of halogens is 1. The summed E-state index contributed by atoms with van der Waals surface area (Å²) in [5, 5.41) is 6.98. The standard InChI is InChI=1S/C13H11ClN2/c14-9-5-4-8-12-10-15-16-13(12)11-6-2-1-3-7-11/h1-3,6-7,10H,5,9H2,(H,15,16). The van der Waals surface area contributed by atoms with Crippen LogP contribution in [-0.4, -0.2) is 16.1 Å². The summed E-state index contributed by atoms with van der Waals surface area (Å²) in [7, 11) is 0. The highest BCUT2D eigenvalue weighted by atomic mass is 35.5. The fraction of sp³-hybridized carbons (Fsp3) is 0.154. The largest absolute Gasteiger partial charge is 0.277 e. The van der Waals surface area contributed by atoms with Crippen molar-refractivity contribution in [3.8, 4) is 23.1 Å². The van der Waals surface area contributed by atoms with Gasteiger partial charge in [-0.15, -0.1) is 11.6 Å². The number of hydrogen-bond acceptors (Lipinski definition) is 1. The average molecular weight is 231 g/mol. The highest BCUT2D eigenvalue weighted by Crippen LogP contribution is 2.19. The number of aromatic nitrogens is 2. The lowest BCUT2D eigenvalue weighted by molar-refractivity contribution is 1.10. The molecule has 80 valence electrons. The van der Waals surface area contributed by atoms with Crippen molar-refractivity contribution in [3.63, 3.8) is 0 Å². The molecule has 0 fully saturated rings. The van der Waals surface area contributed by atoms with E-state index in [1.165, 1.54) is 0 Å². The van der Waals surface area contributed by atoms with E-state index in [4.69, 9.17) is 11.6 Å². The van der Waals surface area contributed by atoms with E-state index < -0.39 is 0 Å². The minimum Gasteiger partial charge on any atom is -0.277 e. The molecular formula is C13H11ClN2. The summed E-state index contributed by atoms with van der Waals surface area (Å²) in [4.78, 5) is 0. The first-order valence-corrected chi connectivity index (χ1v) is 5.59. The van der Waals surface area contributed by atoms with Crippen LogP contribution in [0.2, 0.25) is 0 Å². The summed E-state index contributed by atoms with van der Waals surface area (Å²) in [5.74, 6) is 6.63. The van der Waals surface area contributed by atoms with Gasteiger partial charge in [-0.2, -0.15) is 5.10 Å². The fourth-order valence-electron chi connectivity index (χ4n) is 1.41. The Balaban J connectivity index is 2.31. The van der Waals surface area contributed by atoms with Gasteiger partial charge >= 0.3 is 0 Å². The van der Waals surface area contributed by atoms with Crippen molar-refractivity contribution in [2.24, 2.45) is 0 Å². The second-order valence-electron chi connectivity index (χ2n) is 3.27. The molecule has 16 heavy (non-hydrogen) atoms. The monoisotopic (exact) mass is 230 g/mol. The Hall–Kier alpha value is -1.72. The minimum absolute atomic E-state index is 0.561. The number of aromatic amines is 1. The van der Waals surface area contributed by atoms with Crippen LogP contribution < -0.4 is 0 Å². The first kappa shape index (κ1) is 10.8. The summed E-state index contributed by atoms with van der Waals surface area (Å²) < 4.78 is 0. The van der Waals surface area contributed by atoms with Crippen LogP contribution in [0.5, 0.6) is 0 Å². The third kappa shape index (κ3) is 2.44. The van der Waals surface area contributed by atoms with Crippen molar-refractivity contribution in [1.82, 2.24) is 10.2 Å². The maximum Gasteiger partial charge on any atom is 0.0806 e. The summed E-state index contributed by atoms with van der Waals surface area (Å²) in [6.07, 6.45) is 2.44. The first-order valence-electron chi connectivity index (χ1n) is 5.05. The normalized spacial score (nSPS) is 9.56. The molecule has 0 aliphatic rings. The predicted octanol–water partition coefficient (Wildman–Crippen LogP) is 3.06. The molecule has 2 nitrogen and oxygen atoms in total. The number of benzene rings is 1. The molecule has 0 unspecified atom stereocenters. The Morgan fingerprint density at radius 2 is 2.06 bits per heavy atom. The Bertz CT molecular complexity index is 505. The van der Waals surface area contributed by atoms with Crippen molar-refractivity contribution >= 4 is 11.6 Å². The summed E-state index contributed by atoms with van der Waals surface area (Å²) >= 11 is 5.57. The van der Waals surface area contributed by atoms with Gasteiger partial charge in [0.25, 0.3) is 0 Å². The van der Waals surface area contributed by atoms with Crippen molar-refractivity contribution in [3.05, 3.63) is 42.1 Å². The Kier molecular flexibility index (Phi) is 3.63. The molecule has 2 aromatic rings.